The number of para-hydroxylation sites is 1. The maximum atomic E-state index is 4.50. The number of benzene rings is 2. The van der Waals surface area contributed by atoms with Crippen molar-refractivity contribution in [3.63, 3.8) is 0 Å². The third-order valence-corrected chi connectivity index (χ3v) is 5.22. The molecule has 0 unspecified atom stereocenters. The Hall–Kier alpha value is -2.72. The summed E-state index contributed by atoms with van der Waals surface area (Å²) in [4.78, 5) is 7.01. The zero-order valence-corrected chi connectivity index (χ0v) is 13.0. The molecule has 23 heavy (non-hydrogen) atoms. The van der Waals surface area contributed by atoms with E-state index in [9.17, 15) is 0 Å². The van der Waals surface area contributed by atoms with Crippen LogP contribution in [0.1, 0.15) is 0 Å². The first-order chi connectivity index (χ1) is 11.4. The van der Waals surface area contributed by atoms with Crippen LogP contribution in [0.4, 0.5) is 11.4 Å². The number of fused-ring (bicyclic) bond motifs is 3. The molecule has 1 aliphatic heterocycles. The zero-order valence-electron chi connectivity index (χ0n) is 12.2. The maximum absolute atomic E-state index is 4.50. The molecule has 0 aliphatic carbocycles. The van der Waals surface area contributed by atoms with E-state index in [4.69, 9.17) is 0 Å². The van der Waals surface area contributed by atoms with Gasteiger partial charge >= 0.3 is 0 Å². The third-order valence-electron chi connectivity index (χ3n) is 4.07. The molecule has 0 spiro atoms. The molecular weight excluding hydrogens is 302 g/mol. The van der Waals surface area contributed by atoms with Crippen molar-refractivity contribution in [2.45, 2.75) is 9.79 Å². The average Bonchev–Trinajstić information content (AvgIpc) is 3.03. The van der Waals surface area contributed by atoms with E-state index < -0.39 is 0 Å². The van der Waals surface area contributed by atoms with Gasteiger partial charge in [-0.15, -0.1) is 0 Å². The van der Waals surface area contributed by atoms with Gasteiger partial charge in [0, 0.05) is 33.3 Å². The van der Waals surface area contributed by atoms with Gasteiger partial charge in [-0.1, -0.05) is 23.9 Å². The standard InChI is InChI=1S/C19H13N3S/c1-2-6-17-15(5-1)21-16-12-14(7-8-18(16)23-17)22-11-9-13-4-3-10-20-19(13)22/h1-12,21H. The van der Waals surface area contributed by atoms with Crippen molar-refractivity contribution in [3.05, 3.63) is 73.1 Å². The molecule has 3 nitrogen and oxygen atoms in total. The topological polar surface area (TPSA) is 29.9 Å². The number of anilines is 2. The van der Waals surface area contributed by atoms with Gasteiger partial charge in [0.25, 0.3) is 0 Å². The normalized spacial score (nSPS) is 12.5. The molecule has 5 rings (SSSR count). The number of pyridine rings is 1. The van der Waals surface area contributed by atoms with E-state index >= 15 is 0 Å². The molecule has 0 saturated heterocycles. The van der Waals surface area contributed by atoms with E-state index in [1.807, 2.05) is 12.3 Å². The van der Waals surface area contributed by atoms with E-state index in [-0.39, 0.29) is 0 Å². The molecular formula is C19H13N3S. The first-order valence-electron chi connectivity index (χ1n) is 7.49. The average molecular weight is 315 g/mol. The van der Waals surface area contributed by atoms with Crippen molar-refractivity contribution >= 4 is 34.2 Å². The fourth-order valence-electron chi connectivity index (χ4n) is 2.95. The molecule has 0 fully saturated rings. The molecule has 0 saturated carbocycles. The Bertz CT molecular complexity index is 1040. The van der Waals surface area contributed by atoms with Gasteiger partial charge in [-0.3, -0.25) is 0 Å². The SMILES string of the molecule is c1ccc2c(c1)Nc1cc(-n3ccc4cccnc43)ccc1S2. The van der Waals surface area contributed by atoms with Gasteiger partial charge in [-0.2, -0.15) is 0 Å². The van der Waals surface area contributed by atoms with Crippen LogP contribution in [0.5, 0.6) is 0 Å². The fraction of sp³-hybridized carbons (Fsp3) is 0. The van der Waals surface area contributed by atoms with Crippen LogP contribution in [0.15, 0.2) is 82.8 Å². The van der Waals surface area contributed by atoms with Crippen molar-refractivity contribution in [2.75, 3.05) is 5.32 Å². The quantitative estimate of drug-likeness (QED) is 0.459. The Balaban J connectivity index is 1.62. The van der Waals surface area contributed by atoms with Crippen molar-refractivity contribution in [1.29, 1.82) is 0 Å². The molecule has 1 aliphatic rings. The molecule has 2 aromatic heterocycles. The van der Waals surface area contributed by atoms with Crippen LogP contribution in [0.25, 0.3) is 16.7 Å². The minimum Gasteiger partial charge on any atom is -0.354 e. The van der Waals surface area contributed by atoms with Gasteiger partial charge < -0.3 is 9.88 Å². The number of aromatic nitrogens is 2. The Morgan fingerprint density at radius 2 is 1.78 bits per heavy atom. The predicted molar refractivity (Wildman–Crippen MR) is 94.9 cm³/mol. The minimum absolute atomic E-state index is 0.983. The molecule has 1 N–H and O–H groups in total. The highest BCUT2D eigenvalue weighted by molar-refractivity contribution is 7.99. The first kappa shape index (κ1) is 12.8. The Labute approximate surface area is 138 Å². The summed E-state index contributed by atoms with van der Waals surface area (Å²) in [6.07, 6.45) is 3.91. The minimum atomic E-state index is 0.983. The summed E-state index contributed by atoms with van der Waals surface area (Å²) in [5, 5.41) is 4.69. The van der Waals surface area contributed by atoms with Crippen LogP contribution >= 0.6 is 11.8 Å². The van der Waals surface area contributed by atoms with E-state index in [1.165, 1.54) is 9.79 Å². The molecule has 3 heterocycles. The highest BCUT2D eigenvalue weighted by Gasteiger charge is 2.16. The van der Waals surface area contributed by atoms with Crippen LogP contribution in [0, 0.1) is 0 Å². The van der Waals surface area contributed by atoms with Gasteiger partial charge in [0.15, 0.2) is 0 Å². The third kappa shape index (κ3) is 2.03. The summed E-state index contributed by atoms with van der Waals surface area (Å²) in [5.74, 6) is 0. The number of hydrogen-bond acceptors (Lipinski definition) is 3. The first-order valence-corrected chi connectivity index (χ1v) is 8.30. The van der Waals surface area contributed by atoms with E-state index in [0.29, 0.717) is 0 Å². The molecule has 0 radical (unpaired) electrons. The number of rotatable bonds is 1. The Kier molecular flexibility index (Phi) is 2.72. The predicted octanol–water partition coefficient (Wildman–Crippen LogP) is 5.23. The summed E-state index contributed by atoms with van der Waals surface area (Å²) in [6.45, 7) is 0. The monoisotopic (exact) mass is 315 g/mol. The molecule has 4 aromatic rings. The number of nitrogens with one attached hydrogen (secondary N) is 1. The van der Waals surface area contributed by atoms with E-state index in [1.54, 1.807) is 11.8 Å². The van der Waals surface area contributed by atoms with Gasteiger partial charge in [-0.25, -0.2) is 4.98 Å². The molecule has 2 aromatic carbocycles. The highest BCUT2D eigenvalue weighted by atomic mass is 32.2. The summed E-state index contributed by atoms with van der Waals surface area (Å²) in [6, 6.07) is 21.1. The molecule has 110 valence electrons. The number of nitrogens with zero attached hydrogens (tertiary/aromatic N) is 2. The van der Waals surface area contributed by atoms with Crippen molar-refractivity contribution < 1.29 is 0 Å². The number of hydrogen-bond donors (Lipinski definition) is 1. The van der Waals surface area contributed by atoms with Crippen LogP contribution in [0.2, 0.25) is 0 Å². The van der Waals surface area contributed by atoms with Crippen LogP contribution in [-0.4, -0.2) is 9.55 Å². The summed E-state index contributed by atoms with van der Waals surface area (Å²) >= 11 is 1.80. The smallest absolute Gasteiger partial charge is 0.144 e. The van der Waals surface area contributed by atoms with Crippen LogP contribution in [0.3, 0.4) is 0 Å². The van der Waals surface area contributed by atoms with E-state index in [2.05, 4.69) is 75.7 Å². The van der Waals surface area contributed by atoms with Crippen molar-refractivity contribution in [2.24, 2.45) is 0 Å². The second-order valence-corrected chi connectivity index (χ2v) is 6.59. The lowest BCUT2D eigenvalue weighted by Crippen LogP contribution is -2.01. The summed E-state index contributed by atoms with van der Waals surface area (Å²) in [7, 11) is 0. The highest BCUT2D eigenvalue weighted by Crippen LogP contribution is 2.44. The van der Waals surface area contributed by atoms with Gasteiger partial charge in [0.05, 0.1) is 11.4 Å². The summed E-state index contributed by atoms with van der Waals surface area (Å²) in [5.41, 5.74) is 4.41. The molecule has 0 atom stereocenters. The molecule has 0 bridgehead atoms. The fourth-order valence-corrected chi connectivity index (χ4v) is 3.92. The second-order valence-electron chi connectivity index (χ2n) is 5.51. The van der Waals surface area contributed by atoms with Gasteiger partial charge in [-0.05, 0) is 48.5 Å². The molecule has 4 heteroatoms. The van der Waals surface area contributed by atoms with Crippen LogP contribution < -0.4 is 5.32 Å². The van der Waals surface area contributed by atoms with Crippen LogP contribution in [-0.2, 0) is 0 Å². The van der Waals surface area contributed by atoms with Crippen molar-refractivity contribution in [3.8, 4) is 5.69 Å². The maximum Gasteiger partial charge on any atom is 0.144 e. The van der Waals surface area contributed by atoms with Gasteiger partial charge in [0.1, 0.15) is 5.65 Å². The lowest BCUT2D eigenvalue weighted by Gasteiger charge is -2.21. The lowest BCUT2D eigenvalue weighted by molar-refractivity contribution is 1.09. The molecule has 0 amide bonds. The van der Waals surface area contributed by atoms with Gasteiger partial charge in [0.2, 0.25) is 0 Å². The van der Waals surface area contributed by atoms with E-state index in [0.717, 1.165) is 28.1 Å². The van der Waals surface area contributed by atoms with Crippen molar-refractivity contribution in [1.82, 2.24) is 9.55 Å². The largest absolute Gasteiger partial charge is 0.354 e. The Morgan fingerprint density at radius 3 is 2.78 bits per heavy atom. The Morgan fingerprint density at radius 1 is 0.870 bits per heavy atom. The lowest BCUT2D eigenvalue weighted by atomic mass is 10.2. The zero-order chi connectivity index (χ0) is 15.2. The second kappa shape index (κ2) is 4.89. The summed E-state index contributed by atoms with van der Waals surface area (Å²) < 4.78 is 2.13.